The summed E-state index contributed by atoms with van der Waals surface area (Å²) >= 11 is 0. The molecule has 128 valence electrons. The van der Waals surface area contributed by atoms with E-state index in [0.29, 0.717) is 42.5 Å². The van der Waals surface area contributed by atoms with Crippen LogP contribution >= 0.6 is 0 Å². The van der Waals surface area contributed by atoms with Gasteiger partial charge in [-0.3, -0.25) is 4.79 Å². The van der Waals surface area contributed by atoms with Crippen LogP contribution in [0.2, 0.25) is 0 Å². The minimum Gasteiger partial charge on any atom is -0.491 e. The summed E-state index contributed by atoms with van der Waals surface area (Å²) in [4.78, 5) is 14.9. The fraction of sp³-hybridized carbons (Fsp3) is 0.444. The monoisotopic (exact) mass is 332 g/mol. The molecule has 6 heteroatoms. The summed E-state index contributed by atoms with van der Waals surface area (Å²) in [6.07, 6.45) is 0. The number of ether oxygens (including phenoxy) is 1. The number of fused-ring (bicyclic) bond motifs is 1. The summed E-state index contributed by atoms with van der Waals surface area (Å²) in [7, 11) is 0. The van der Waals surface area contributed by atoms with E-state index in [4.69, 9.17) is 9.26 Å². The second-order valence-electron chi connectivity index (χ2n) is 6.65. The number of aromatic nitrogens is 1. The van der Waals surface area contributed by atoms with Gasteiger partial charge in [0.1, 0.15) is 23.9 Å². The summed E-state index contributed by atoms with van der Waals surface area (Å²) in [5.74, 6) is 0.874. The molecule has 0 fully saturated rings. The fourth-order valence-corrected chi connectivity index (χ4v) is 3.41. The molecule has 0 saturated carbocycles. The van der Waals surface area contributed by atoms with Gasteiger partial charge in [0.2, 0.25) is 5.91 Å². The third-order valence-corrected chi connectivity index (χ3v) is 4.48. The zero-order valence-corrected chi connectivity index (χ0v) is 14.4. The first-order valence-corrected chi connectivity index (χ1v) is 7.94. The molecule has 1 amide bonds. The molecule has 5 nitrogen and oxygen atoms in total. The van der Waals surface area contributed by atoms with Gasteiger partial charge in [0.05, 0.1) is 17.7 Å². The van der Waals surface area contributed by atoms with Crippen molar-refractivity contribution < 1.29 is 18.4 Å². The van der Waals surface area contributed by atoms with E-state index in [-0.39, 0.29) is 11.7 Å². The lowest BCUT2D eigenvalue weighted by molar-refractivity contribution is -0.137. The molecule has 0 aliphatic carbocycles. The molecular formula is C18H21FN2O3. The van der Waals surface area contributed by atoms with Crippen LogP contribution in [0.4, 0.5) is 4.39 Å². The van der Waals surface area contributed by atoms with Gasteiger partial charge in [0, 0.05) is 17.7 Å². The van der Waals surface area contributed by atoms with E-state index < -0.39 is 5.41 Å². The minimum atomic E-state index is -0.786. The van der Waals surface area contributed by atoms with Crippen LogP contribution in [0.5, 0.6) is 5.75 Å². The van der Waals surface area contributed by atoms with Crippen LogP contribution in [-0.2, 0) is 16.8 Å². The highest BCUT2D eigenvalue weighted by atomic mass is 19.1. The number of nitrogens with zero attached hydrogens (tertiary/aromatic N) is 2. The van der Waals surface area contributed by atoms with Gasteiger partial charge < -0.3 is 14.2 Å². The molecule has 0 saturated heterocycles. The number of benzene rings is 1. The first kappa shape index (κ1) is 16.5. The highest BCUT2D eigenvalue weighted by Crippen LogP contribution is 2.33. The SMILES string of the molecule is Cc1noc(C)c1C(C)(C)C(=O)N1CCOc2ccc(F)cc2C1. The molecule has 1 aliphatic heterocycles. The molecule has 1 aliphatic rings. The van der Waals surface area contributed by atoms with Crippen LogP contribution in [0.3, 0.4) is 0 Å². The maximum absolute atomic E-state index is 13.5. The maximum atomic E-state index is 13.5. The smallest absolute Gasteiger partial charge is 0.233 e. The Balaban J connectivity index is 1.92. The number of carbonyl (C=O) groups excluding carboxylic acids is 1. The second-order valence-corrected chi connectivity index (χ2v) is 6.65. The Kier molecular flexibility index (Phi) is 4.07. The van der Waals surface area contributed by atoms with Crippen LogP contribution < -0.4 is 4.74 Å². The number of aryl methyl sites for hydroxylation is 2. The lowest BCUT2D eigenvalue weighted by Crippen LogP contribution is -2.44. The van der Waals surface area contributed by atoms with E-state index >= 15 is 0 Å². The Morgan fingerprint density at radius 2 is 2.08 bits per heavy atom. The van der Waals surface area contributed by atoms with Crippen LogP contribution in [-0.4, -0.2) is 29.1 Å². The number of halogens is 1. The topological polar surface area (TPSA) is 55.6 Å². The Morgan fingerprint density at radius 1 is 1.33 bits per heavy atom. The van der Waals surface area contributed by atoms with Gasteiger partial charge in [-0.25, -0.2) is 4.39 Å². The standard InChI is InChI=1S/C18H21FN2O3/c1-11-16(12(2)24-20-11)18(3,4)17(22)21-7-8-23-15-6-5-14(19)9-13(15)10-21/h5-6,9H,7-8,10H2,1-4H3. The van der Waals surface area contributed by atoms with Crippen molar-refractivity contribution in [2.45, 2.75) is 39.7 Å². The minimum absolute atomic E-state index is 0.0578. The summed E-state index contributed by atoms with van der Waals surface area (Å²) in [6, 6.07) is 4.39. The molecule has 0 N–H and O–H groups in total. The molecule has 0 unspecified atom stereocenters. The fourth-order valence-electron chi connectivity index (χ4n) is 3.41. The molecule has 0 bridgehead atoms. The van der Waals surface area contributed by atoms with Crippen molar-refractivity contribution in [1.29, 1.82) is 0 Å². The first-order valence-electron chi connectivity index (χ1n) is 7.94. The van der Waals surface area contributed by atoms with Crippen LogP contribution in [0, 0.1) is 19.7 Å². The van der Waals surface area contributed by atoms with E-state index in [2.05, 4.69) is 5.16 Å². The van der Waals surface area contributed by atoms with Crippen molar-refractivity contribution in [2.24, 2.45) is 0 Å². The van der Waals surface area contributed by atoms with Crippen molar-refractivity contribution in [3.63, 3.8) is 0 Å². The number of carbonyl (C=O) groups is 1. The Hall–Kier alpha value is -2.37. The predicted molar refractivity (Wildman–Crippen MR) is 86.3 cm³/mol. The van der Waals surface area contributed by atoms with Crippen LogP contribution in [0.15, 0.2) is 22.7 Å². The highest BCUT2D eigenvalue weighted by molar-refractivity contribution is 5.88. The van der Waals surface area contributed by atoms with Gasteiger partial charge in [-0.1, -0.05) is 5.16 Å². The molecule has 1 aromatic carbocycles. The molecule has 2 heterocycles. The summed E-state index contributed by atoms with van der Waals surface area (Å²) in [5.41, 5.74) is 1.40. The molecule has 2 aromatic rings. The average Bonchev–Trinajstić information content (AvgIpc) is 2.75. The average molecular weight is 332 g/mol. The molecule has 24 heavy (non-hydrogen) atoms. The van der Waals surface area contributed by atoms with E-state index in [0.717, 1.165) is 5.56 Å². The zero-order valence-electron chi connectivity index (χ0n) is 14.4. The Bertz CT molecular complexity index is 763. The van der Waals surface area contributed by atoms with Crippen molar-refractivity contribution in [1.82, 2.24) is 10.1 Å². The van der Waals surface area contributed by atoms with Crippen LogP contribution in [0.25, 0.3) is 0 Å². The number of hydrogen-bond acceptors (Lipinski definition) is 4. The maximum Gasteiger partial charge on any atom is 0.233 e. The predicted octanol–water partition coefficient (Wildman–Crippen LogP) is 3.13. The lowest BCUT2D eigenvalue weighted by Gasteiger charge is -2.31. The first-order chi connectivity index (χ1) is 11.3. The Labute approximate surface area is 140 Å². The number of hydrogen-bond donors (Lipinski definition) is 0. The molecule has 3 rings (SSSR count). The van der Waals surface area contributed by atoms with Gasteiger partial charge >= 0.3 is 0 Å². The summed E-state index contributed by atoms with van der Waals surface area (Å²) in [5, 5.41) is 3.96. The Morgan fingerprint density at radius 3 is 2.75 bits per heavy atom. The van der Waals surface area contributed by atoms with E-state index in [1.807, 2.05) is 20.8 Å². The van der Waals surface area contributed by atoms with Gasteiger partial charge in [-0.2, -0.15) is 0 Å². The molecule has 0 atom stereocenters. The molecular weight excluding hydrogens is 311 g/mol. The van der Waals surface area contributed by atoms with Crippen LogP contribution in [0.1, 0.15) is 36.4 Å². The molecule has 0 radical (unpaired) electrons. The van der Waals surface area contributed by atoms with Gasteiger partial charge in [0.25, 0.3) is 0 Å². The van der Waals surface area contributed by atoms with Crippen molar-refractivity contribution >= 4 is 5.91 Å². The third kappa shape index (κ3) is 2.77. The number of amides is 1. The van der Waals surface area contributed by atoms with E-state index in [1.54, 1.807) is 17.9 Å². The van der Waals surface area contributed by atoms with E-state index in [9.17, 15) is 9.18 Å². The normalized spacial score (nSPS) is 14.8. The van der Waals surface area contributed by atoms with Crippen molar-refractivity contribution in [2.75, 3.05) is 13.2 Å². The van der Waals surface area contributed by atoms with E-state index in [1.165, 1.54) is 12.1 Å². The lowest BCUT2D eigenvalue weighted by atomic mass is 9.81. The van der Waals surface area contributed by atoms with Gasteiger partial charge in [-0.05, 0) is 45.9 Å². The molecule has 1 aromatic heterocycles. The largest absolute Gasteiger partial charge is 0.491 e. The van der Waals surface area contributed by atoms with Crippen molar-refractivity contribution in [3.05, 3.63) is 46.6 Å². The van der Waals surface area contributed by atoms with Crippen molar-refractivity contribution in [3.8, 4) is 5.75 Å². The van der Waals surface area contributed by atoms with Gasteiger partial charge in [-0.15, -0.1) is 0 Å². The number of rotatable bonds is 2. The quantitative estimate of drug-likeness (QED) is 0.848. The summed E-state index contributed by atoms with van der Waals surface area (Å²) in [6.45, 7) is 8.50. The van der Waals surface area contributed by atoms with Gasteiger partial charge in [0.15, 0.2) is 0 Å². The second kappa shape index (κ2) is 5.92. The molecule has 0 spiro atoms. The summed E-state index contributed by atoms with van der Waals surface area (Å²) < 4.78 is 24.4. The third-order valence-electron chi connectivity index (χ3n) is 4.48. The zero-order chi connectivity index (χ0) is 17.5. The highest BCUT2D eigenvalue weighted by Gasteiger charge is 2.39.